The van der Waals surface area contributed by atoms with Gasteiger partial charge in [0, 0.05) is 6.04 Å². The molecule has 0 fully saturated rings. The van der Waals surface area contributed by atoms with Gasteiger partial charge in [0.1, 0.15) is 0 Å². The summed E-state index contributed by atoms with van der Waals surface area (Å²) in [4.78, 5) is 0. The van der Waals surface area contributed by atoms with Crippen molar-refractivity contribution in [2.24, 2.45) is 0 Å². The Kier molecular flexibility index (Phi) is 2.92. The second-order valence-electron chi connectivity index (χ2n) is 4.43. The first-order chi connectivity index (χ1) is 7.20. The van der Waals surface area contributed by atoms with Crippen LogP contribution in [0.15, 0.2) is 23.8 Å². The van der Waals surface area contributed by atoms with Gasteiger partial charge in [-0.15, -0.1) is 0 Å². The Morgan fingerprint density at radius 2 is 2.07 bits per heavy atom. The Bertz CT molecular complexity index is 390. The quantitative estimate of drug-likeness (QED) is 0.775. The fourth-order valence-corrected chi connectivity index (χ4v) is 2.17. The summed E-state index contributed by atoms with van der Waals surface area (Å²) in [5, 5.41) is 3.31. The fourth-order valence-electron chi connectivity index (χ4n) is 2.17. The van der Waals surface area contributed by atoms with Gasteiger partial charge in [-0.2, -0.15) is 0 Å². The maximum absolute atomic E-state index is 3.31. The standard InChI is InChI=1S/C14H19N/c1-10-4-5-14-9-12(11(2)15-3)6-7-13(14)8-10/h4-5,8-9,11,15H,6-7H2,1-3H3. The van der Waals surface area contributed by atoms with Crippen molar-refractivity contribution in [2.45, 2.75) is 32.7 Å². The van der Waals surface area contributed by atoms with E-state index in [-0.39, 0.29) is 0 Å². The van der Waals surface area contributed by atoms with Gasteiger partial charge in [0.2, 0.25) is 0 Å². The van der Waals surface area contributed by atoms with E-state index in [1.807, 2.05) is 7.05 Å². The molecule has 0 amide bonds. The minimum absolute atomic E-state index is 0.499. The maximum Gasteiger partial charge on any atom is 0.0251 e. The number of benzene rings is 1. The van der Waals surface area contributed by atoms with Gasteiger partial charge in [0.05, 0.1) is 0 Å². The predicted octanol–water partition coefficient (Wildman–Crippen LogP) is 2.93. The molecule has 0 heterocycles. The third-order valence-corrected chi connectivity index (χ3v) is 3.31. The van der Waals surface area contributed by atoms with Crippen LogP contribution in [0.1, 0.15) is 30.0 Å². The molecule has 1 aromatic rings. The lowest BCUT2D eigenvalue weighted by molar-refractivity contribution is 0.660. The second-order valence-corrected chi connectivity index (χ2v) is 4.43. The molecule has 1 aliphatic carbocycles. The van der Waals surface area contributed by atoms with E-state index in [4.69, 9.17) is 0 Å². The summed E-state index contributed by atoms with van der Waals surface area (Å²) in [6.45, 7) is 4.39. The van der Waals surface area contributed by atoms with Crippen molar-refractivity contribution < 1.29 is 0 Å². The highest BCUT2D eigenvalue weighted by atomic mass is 14.9. The van der Waals surface area contributed by atoms with Crippen molar-refractivity contribution in [1.29, 1.82) is 0 Å². The molecule has 1 N–H and O–H groups in total. The minimum atomic E-state index is 0.499. The number of aryl methyl sites for hydroxylation is 2. The van der Waals surface area contributed by atoms with Gasteiger partial charge in [0.25, 0.3) is 0 Å². The van der Waals surface area contributed by atoms with Crippen molar-refractivity contribution >= 4 is 6.08 Å². The zero-order chi connectivity index (χ0) is 10.8. The summed E-state index contributed by atoms with van der Waals surface area (Å²) < 4.78 is 0. The molecule has 1 aliphatic rings. The third-order valence-electron chi connectivity index (χ3n) is 3.31. The zero-order valence-electron chi connectivity index (χ0n) is 9.80. The molecule has 2 rings (SSSR count). The van der Waals surface area contributed by atoms with Crippen LogP contribution < -0.4 is 5.32 Å². The van der Waals surface area contributed by atoms with Crippen LogP contribution in [0.4, 0.5) is 0 Å². The average Bonchev–Trinajstić information content (AvgIpc) is 2.27. The van der Waals surface area contributed by atoms with Gasteiger partial charge in [-0.25, -0.2) is 0 Å². The zero-order valence-corrected chi connectivity index (χ0v) is 9.80. The van der Waals surface area contributed by atoms with Gasteiger partial charge < -0.3 is 5.32 Å². The topological polar surface area (TPSA) is 12.0 Å². The van der Waals surface area contributed by atoms with E-state index in [9.17, 15) is 0 Å². The van der Waals surface area contributed by atoms with E-state index < -0.39 is 0 Å². The smallest absolute Gasteiger partial charge is 0.0251 e. The first kappa shape index (κ1) is 10.4. The van der Waals surface area contributed by atoms with Crippen molar-refractivity contribution in [2.75, 3.05) is 7.05 Å². The molecule has 0 radical (unpaired) electrons. The van der Waals surface area contributed by atoms with Crippen LogP contribution in [0.2, 0.25) is 0 Å². The Morgan fingerprint density at radius 1 is 1.27 bits per heavy atom. The molecule has 15 heavy (non-hydrogen) atoms. The SMILES string of the molecule is CNC(C)C1=Cc2ccc(C)cc2CC1. The van der Waals surface area contributed by atoms with E-state index in [0.29, 0.717) is 6.04 Å². The van der Waals surface area contributed by atoms with E-state index in [1.165, 1.54) is 35.1 Å². The summed E-state index contributed by atoms with van der Waals surface area (Å²) in [6.07, 6.45) is 4.73. The number of hydrogen-bond donors (Lipinski definition) is 1. The van der Waals surface area contributed by atoms with Crippen molar-refractivity contribution in [3.8, 4) is 0 Å². The van der Waals surface area contributed by atoms with Crippen LogP contribution in [-0.2, 0) is 6.42 Å². The highest BCUT2D eigenvalue weighted by Crippen LogP contribution is 2.26. The van der Waals surface area contributed by atoms with Gasteiger partial charge in [-0.05, 0) is 44.9 Å². The molecule has 0 aromatic heterocycles. The molecule has 80 valence electrons. The first-order valence-corrected chi connectivity index (χ1v) is 5.68. The molecule has 0 bridgehead atoms. The third kappa shape index (κ3) is 2.13. The molecular formula is C14H19N. The van der Waals surface area contributed by atoms with Crippen LogP contribution in [0, 0.1) is 6.92 Å². The number of likely N-dealkylation sites (N-methyl/N-ethyl adjacent to an activating group) is 1. The lowest BCUT2D eigenvalue weighted by Gasteiger charge is -2.21. The maximum atomic E-state index is 3.31. The van der Waals surface area contributed by atoms with Crippen LogP contribution in [-0.4, -0.2) is 13.1 Å². The van der Waals surface area contributed by atoms with E-state index in [1.54, 1.807) is 0 Å². The number of nitrogens with one attached hydrogen (secondary N) is 1. The number of hydrogen-bond acceptors (Lipinski definition) is 1. The van der Waals surface area contributed by atoms with Crippen LogP contribution in [0.3, 0.4) is 0 Å². The molecule has 1 heteroatoms. The van der Waals surface area contributed by atoms with Gasteiger partial charge in [0.15, 0.2) is 0 Å². The number of fused-ring (bicyclic) bond motifs is 1. The van der Waals surface area contributed by atoms with Gasteiger partial charge in [-0.1, -0.05) is 35.4 Å². The van der Waals surface area contributed by atoms with Crippen LogP contribution >= 0.6 is 0 Å². The lowest BCUT2D eigenvalue weighted by atomic mass is 9.88. The summed E-state index contributed by atoms with van der Waals surface area (Å²) >= 11 is 0. The largest absolute Gasteiger partial charge is 0.314 e. The van der Waals surface area contributed by atoms with E-state index >= 15 is 0 Å². The molecule has 1 atom stereocenters. The van der Waals surface area contributed by atoms with E-state index in [2.05, 4.69) is 43.4 Å². The molecule has 0 aliphatic heterocycles. The molecular weight excluding hydrogens is 182 g/mol. The van der Waals surface area contributed by atoms with Crippen molar-refractivity contribution in [3.05, 3.63) is 40.5 Å². The highest BCUT2D eigenvalue weighted by molar-refractivity contribution is 5.61. The van der Waals surface area contributed by atoms with Gasteiger partial charge >= 0.3 is 0 Å². The average molecular weight is 201 g/mol. The Morgan fingerprint density at radius 3 is 2.80 bits per heavy atom. The Balaban J connectivity index is 2.33. The molecule has 0 saturated carbocycles. The highest BCUT2D eigenvalue weighted by Gasteiger charge is 2.13. The van der Waals surface area contributed by atoms with E-state index in [0.717, 1.165) is 0 Å². The summed E-state index contributed by atoms with van der Waals surface area (Å²) in [5.74, 6) is 0. The summed E-state index contributed by atoms with van der Waals surface area (Å²) in [5.41, 5.74) is 5.80. The Hall–Kier alpha value is -1.08. The van der Waals surface area contributed by atoms with Crippen molar-refractivity contribution in [1.82, 2.24) is 5.32 Å². The fraction of sp³-hybridized carbons (Fsp3) is 0.429. The molecule has 0 spiro atoms. The first-order valence-electron chi connectivity index (χ1n) is 5.68. The monoisotopic (exact) mass is 201 g/mol. The van der Waals surface area contributed by atoms with Crippen molar-refractivity contribution in [3.63, 3.8) is 0 Å². The van der Waals surface area contributed by atoms with Crippen LogP contribution in [0.25, 0.3) is 6.08 Å². The predicted molar refractivity (Wildman–Crippen MR) is 66.0 cm³/mol. The normalized spacial score (nSPS) is 16.9. The molecule has 0 saturated heterocycles. The second kappa shape index (κ2) is 4.19. The molecule has 1 aromatic carbocycles. The lowest BCUT2D eigenvalue weighted by Crippen LogP contribution is -2.24. The minimum Gasteiger partial charge on any atom is -0.314 e. The van der Waals surface area contributed by atoms with Crippen LogP contribution in [0.5, 0.6) is 0 Å². The summed E-state index contributed by atoms with van der Waals surface area (Å²) in [7, 11) is 2.02. The molecule has 1 unspecified atom stereocenters. The van der Waals surface area contributed by atoms with Gasteiger partial charge in [-0.3, -0.25) is 0 Å². The Labute approximate surface area is 92.2 Å². The summed E-state index contributed by atoms with van der Waals surface area (Å²) in [6, 6.07) is 7.25. The molecule has 1 nitrogen and oxygen atoms in total. The number of rotatable bonds is 2.